The number of anilines is 1. The minimum Gasteiger partial charge on any atom is -0.467 e. The summed E-state index contributed by atoms with van der Waals surface area (Å²) in [5.74, 6) is -0.413. The molecule has 0 aliphatic carbocycles. The lowest BCUT2D eigenvalue weighted by molar-refractivity contribution is -0.118. The van der Waals surface area contributed by atoms with Crippen molar-refractivity contribution in [3.8, 4) is 5.88 Å². The van der Waals surface area contributed by atoms with Gasteiger partial charge < -0.3 is 10.1 Å². The number of benzene rings is 1. The van der Waals surface area contributed by atoms with E-state index in [2.05, 4.69) is 15.3 Å². The molecule has 3 aromatic rings. The molecule has 0 bridgehead atoms. The van der Waals surface area contributed by atoms with Gasteiger partial charge in [-0.1, -0.05) is 6.07 Å². The second-order valence-corrected chi connectivity index (χ2v) is 6.19. The van der Waals surface area contributed by atoms with Gasteiger partial charge in [0.2, 0.25) is 5.88 Å². The molecule has 0 saturated heterocycles. The standard InChI is InChI=1S/C16H14FN3O2S/c1-9-10(2)23-16-14(9)15(18-8-19-16)22-7-13(21)20-12-5-3-4-11(17)6-12/h3-6,8H,7H2,1-2H3,(H,20,21). The van der Waals surface area contributed by atoms with E-state index in [1.54, 1.807) is 17.4 Å². The van der Waals surface area contributed by atoms with E-state index < -0.39 is 5.82 Å². The molecule has 7 heteroatoms. The molecule has 1 amide bonds. The lowest BCUT2D eigenvalue weighted by Gasteiger charge is -2.08. The molecule has 0 aliphatic heterocycles. The molecule has 0 radical (unpaired) electrons. The van der Waals surface area contributed by atoms with Crippen LogP contribution in [0.1, 0.15) is 10.4 Å². The van der Waals surface area contributed by atoms with Crippen molar-refractivity contribution in [2.75, 3.05) is 11.9 Å². The highest BCUT2D eigenvalue weighted by molar-refractivity contribution is 7.18. The van der Waals surface area contributed by atoms with Gasteiger partial charge in [0.1, 0.15) is 17.0 Å². The Bertz CT molecular complexity index is 879. The summed E-state index contributed by atoms with van der Waals surface area (Å²) >= 11 is 1.56. The minimum atomic E-state index is -0.411. The van der Waals surface area contributed by atoms with E-state index in [1.807, 2.05) is 13.8 Å². The van der Waals surface area contributed by atoms with Crippen LogP contribution in [-0.4, -0.2) is 22.5 Å². The fourth-order valence-corrected chi connectivity index (χ4v) is 3.14. The van der Waals surface area contributed by atoms with Gasteiger partial charge in [0.15, 0.2) is 6.61 Å². The maximum Gasteiger partial charge on any atom is 0.262 e. The van der Waals surface area contributed by atoms with Crippen molar-refractivity contribution in [2.45, 2.75) is 13.8 Å². The van der Waals surface area contributed by atoms with Crippen LogP contribution < -0.4 is 10.1 Å². The average Bonchev–Trinajstić information content (AvgIpc) is 2.81. The third-order valence-corrected chi connectivity index (χ3v) is 4.49. The van der Waals surface area contributed by atoms with Crippen LogP contribution in [0.4, 0.5) is 10.1 Å². The molecule has 0 aliphatic rings. The van der Waals surface area contributed by atoms with Crippen molar-refractivity contribution in [3.05, 3.63) is 46.9 Å². The highest BCUT2D eigenvalue weighted by Crippen LogP contribution is 2.33. The summed E-state index contributed by atoms with van der Waals surface area (Å²) in [5, 5.41) is 3.40. The lowest BCUT2D eigenvalue weighted by Crippen LogP contribution is -2.20. The lowest BCUT2D eigenvalue weighted by atomic mass is 10.2. The molecular formula is C16H14FN3O2S. The van der Waals surface area contributed by atoms with Crippen molar-refractivity contribution >= 4 is 33.1 Å². The number of ether oxygens (including phenoxy) is 1. The van der Waals surface area contributed by atoms with Crippen molar-refractivity contribution < 1.29 is 13.9 Å². The van der Waals surface area contributed by atoms with E-state index in [0.29, 0.717) is 11.6 Å². The zero-order chi connectivity index (χ0) is 16.4. The molecule has 23 heavy (non-hydrogen) atoms. The van der Waals surface area contributed by atoms with Crippen LogP contribution in [0.15, 0.2) is 30.6 Å². The summed E-state index contributed by atoms with van der Waals surface area (Å²) in [6.07, 6.45) is 1.41. The number of rotatable bonds is 4. The molecule has 1 aromatic carbocycles. The smallest absolute Gasteiger partial charge is 0.262 e. The summed E-state index contributed by atoms with van der Waals surface area (Å²) in [5.41, 5.74) is 1.43. The topological polar surface area (TPSA) is 64.1 Å². The zero-order valence-electron chi connectivity index (χ0n) is 12.6. The monoisotopic (exact) mass is 331 g/mol. The second kappa shape index (κ2) is 6.29. The summed E-state index contributed by atoms with van der Waals surface area (Å²) in [4.78, 5) is 22.2. The first kappa shape index (κ1) is 15.4. The Labute approximate surface area is 136 Å². The largest absolute Gasteiger partial charge is 0.467 e. The van der Waals surface area contributed by atoms with Gasteiger partial charge in [-0.15, -0.1) is 11.3 Å². The maximum atomic E-state index is 13.1. The highest BCUT2D eigenvalue weighted by atomic mass is 32.1. The van der Waals surface area contributed by atoms with Crippen molar-refractivity contribution in [2.24, 2.45) is 0 Å². The minimum absolute atomic E-state index is 0.211. The molecule has 3 rings (SSSR count). The van der Waals surface area contributed by atoms with Crippen LogP contribution in [0.5, 0.6) is 5.88 Å². The van der Waals surface area contributed by atoms with E-state index in [4.69, 9.17) is 4.74 Å². The SMILES string of the molecule is Cc1sc2ncnc(OCC(=O)Nc3cccc(F)c3)c2c1C. The fourth-order valence-electron chi connectivity index (χ4n) is 2.16. The van der Waals surface area contributed by atoms with Crippen LogP contribution in [-0.2, 0) is 4.79 Å². The van der Waals surface area contributed by atoms with Gasteiger partial charge in [0.05, 0.1) is 5.39 Å². The quantitative estimate of drug-likeness (QED) is 0.795. The van der Waals surface area contributed by atoms with Gasteiger partial charge in [-0.25, -0.2) is 14.4 Å². The number of carbonyl (C=O) groups is 1. The average molecular weight is 331 g/mol. The van der Waals surface area contributed by atoms with Crippen LogP contribution in [0.2, 0.25) is 0 Å². The van der Waals surface area contributed by atoms with Gasteiger partial charge in [-0.3, -0.25) is 4.79 Å². The van der Waals surface area contributed by atoms with Crippen LogP contribution in [0.25, 0.3) is 10.2 Å². The van der Waals surface area contributed by atoms with Gasteiger partial charge in [0.25, 0.3) is 5.91 Å². The summed E-state index contributed by atoms with van der Waals surface area (Å²) < 4.78 is 18.6. The Morgan fingerprint density at radius 1 is 1.35 bits per heavy atom. The van der Waals surface area contributed by atoms with Gasteiger partial charge in [-0.2, -0.15) is 0 Å². The first-order chi connectivity index (χ1) is 11.0. The first-order valence-corrected chi connectivity index (χ1v) is 7.75. The number of hydrogen-bond donors (Lipinski definition) is 1. The number of fused-ring (bicyclic) bond motifs is 1. The third kappa shape index (κ3) is 3.29. The predicted octanol–water partition coefficient (Wildman–Crippen LogP) is 3.46. The van der Waals surface area contributed by atoms with E-state index in [1.165, 1.54) is 24.5 Å². The van der Waals surface area contributed by atoms with Crippen molar-refractivity contribution in [1.82, 2.24) is 9.97 Å². The van der Waals surface area contributed by atoms with Crippen LogP contribution in [0, 0.1) is 19.7 Å². The summed E-state index contributed by atoms with van der Waals surface area (Å²) in [6, 6.07) is 5.69. The normalized spacial score (nSPS) is 10.7. The fraction of sp³-hybridized carbons (Fsp3) is 0.188. The van der Waals surface area contributed by atoms with E-state index in [0.717, 1.165) is 20.7 Å². The highest BCUT2D eigenvalue weighted by Gasteiger charge is 2.14. The van der Waals surface area contributed by atoms with Crippen LogP contribution >= 0.6 is 11.3 Å². The van der Waals surface area contributed by atoms with Crippen LogP contribution in [0.3, 0.4) is 0 Å². The maximum absolute atomic E-state index is 13.1. The molecule has 118 valence electrons. The Hall–Kier alpha value is -2.54. The Balaban J connectivity index is 1.72. The number of hydrogen-bond acceptors (Lipinski definition) is 5. The van der Waals surface area contributed by atoms with Gasteiger partial charge >= 0.3 is 0 Å². The Morgan fingerprint density at radius 3 is 2.96 bits per heavy atom. The Kier molecular flexibility index (Phi) is 4.20. The number of aryl methyl sites for hydroxylation is 2. The number of nitrogens with one attached hydrogen (secondary N) is 1. The molecule has 2 aromatic heterocycles. The van der Waals surface area contributed by atoms with E-state index in [-0.39, 0.29) is 12.5 Å². The van der Waals surface area contributed by atoms with Gasteiger partial charge in [-0.05, 0) is 37.6 Å². The zero-order valence-corrected chi connectivity index (χ0v) is 13.4. The molecular weight excluding hydrogens is 317 g/mol. The number of carbonyl (C=O) groups excluding carboxylic acids is 1. The molecule has 0 spiro atoms. The molecule has 0 atom stereocenters. The predicted molar refractivity (Wildman–Crippen MR) is 87.4 cm³/mol. The molecule has 0 unspecified atom stereocenters. The number of nitrogens with zero attached hydrogens (tertiary/aromatic N) is 2. The summed E-state index contributed by atoms with van der Waals surface area (Å²) in [7, 11) is 0. The molecule has 1 N–H and O–H groups in total. The molecule has 0 fully saturated rings. The van der Waals surface area contributed by atoms with Crippen molar-refractivity contribution in [3.63, 3.8) is 0 Å². The molecule has 5 nitrogen and oxygen atoms in total. The number of thiophene rings is 1. The van der Waals surface area contributed by atoms with Crippen molar-refractivity contribution in [1.29, 1.82) is 0 Å². The molecule has 2 heterocycles. The second-order valence-electron chi connectivity index (χ2n) is 4.99. The summed E-state index contributed by atoms with van der Waals surface area (Å²) in [6.45, 7) is 3.76. The number of amides is 1. The van der Waals surface area contributed by atoms with E-state index >= 15 is 0 Å². The van der Waals surface area contributed by atoms with E-state index in [9.17, 15) is 9.18 Å². The number of halogens is 1. The molecule has 0 saturated carbocycles. The third-order valence-electron chi connectivity index (χ3n) is 3.38. The van der Waals surface area contributed by atoms with Gasteiger partial charge in [0, 0.05) is 10.6 Å². The Morgan fingerprint density at radius 2 is 2.17 bits per heavy atom. The first-order valence-electron chi connectivity index (χ1n) is 6.93. The number of aromatic nitrogens is 2.